The molecule has 2 aliphatic rings. The fourth-order valence-corrected chi connectivity index (χ4v) is 3.76. The number of likely N-dealkylation sites (tertiary alicyclic amines) is 1. The molecule has 1 aliphatic heterocycles. The molecule has 2 fully saturated rings. The van der Waals surface area contributed by atoms with Gasteiger partial charge in [-0.2, -0.15) is 0 Å². The lowest BCUT2D eigenvalue weighted by molar-refractivity contribution is -0.139. The molecule has 7 heteroatoms. The molecule has 0 spiro atoms. The van der Waals surface area contributed by atoms with Crippen LogP contribution in [0.2, 0.25) is 0 Å². The van der Waals surface area contributed by atoms with E-state index in [-0.39, 0.29) is 36.4 Å². The van der Waals surface area contributed by atoms with Gasteiger partial charge in [0.25, 0.3) is 0 Å². The first-order valence-corrected chi connectivity index (χ1v) is 9.10. The fourth-order valence-electron chi connectivity index (χ4n) is 3.76. The maximum absolute atomic E-state index is 12.7. The Hall–Kier alpha value is -1.50. The summed E-state index contributed by atoms with van der Waals surface area (Å²) >= 11 is 0. The second-order valence-corrected chi connectivity index (χ2v) is 7.03. The van der Waals surface area contributed by atoms with Crippen molar-refractivity contribution in [1.82, 2.24) is 4.90 Å². The van der Waals surface area contributed by atoms with Crippen LogP contribution < -0.4 is 15.2 Å². The molecule has 3 atom stereocenters. The van der Waals surface area contributed by atoms with Crippen molar-refractivity contribution in [2.24, 2.45) is 11.7 Å². The van der Waals surface area contributed by atoms with Crippen molar-refractivity contribution in [3.63, 3.8) is 0 Å². The van der Waals surface area contributed by atoms with Gasteiger partial charge in [-0.25, -0.2) is 0 Å². The maximum atomic E-state index is 12.7. The summed E-state index contributed by atoms with van der Waals surface area (Å²) in [5, 5.41) is 9.73. The third-order valence-electron chi connectivity index (χ3n) is 5.33. The molecule has 1 saturated heterocycles. The van der Waals surface area contributed by atoms with Crippen molar-refractivity contribution in [2.75, 3.05) is 20.2 Å². The summed E-state index contributed by atoms with van der Waals surface area (Å²) in [5.74, 6) is 1.61. The van der Waals surface area contributed by atoms with Crippen molar-refractivity contribution < 1.29 is 19.4 Å². The average Bonchev–Trinajstić information content (AvgIpc) is 2.64. The number of aliphatic hydroxyl groups is 1. The summed E-state index contributed by atoms with van der Waals surface area (Å²) in [6.45, 7) is 1.40. The van der Waals surface area contributed by atoms with E-state index in [0.717, 1.165) is 30.8 Å². The minimum absolute atomic E-state index is 0. The van der Waals surface area contributed by atoms with Crippen LogP contribution >= 0.6 is 12.4 Å². The second kappa shape index (κ2) is 9.44. The van der Waals surface area contributed by atoms with Gasteiger partial charge in [0, 0.05) is 37.9 Å². The number of nitrogens with two attached hydrogens (primary N) is 1. The minimum Gasteiger partial charge on any atom is -0.493 e. The van der Waals surface area contributed by atoms with Gasteiger partial charge in [-0.3, -0.25) is 4.79 Å². The van der Waals surface area contributed by atoms with E-state index < -0.39 is 6.10 Å². The Morgan fingerprint density at radius 1 is 1.15 bits per heavy atom. The number of nitrogens with zero attached hydrogens (tertiary/aromatic N) is 1. The van der Waals surface area contributed by atoms with E-state index in [1.54, 1.807) is 7.11 Å². The van der Waals surface area contributed by atoms with Gasteiger partial charge in [-0.1, -0.05) is 12.1 Å². The van der Waals surface area contributed by atoms with Crippen molar-refractivity contribution in [1.29, 1.82) is 0 Å². The number of ether oxygens (including phenoxy) is 2. The number of carbonyl (C=O) groups is 1. The molecule has 26 heavy (non-hydrogen) atoms. The number of rotatable bonds is 4. The van der Waals surface area contributed by atoms with E-state index in [4.69, 9.17) is 15.2 Å². The van der Waals surface area contributed by atoms with Crippen molar-refractivity contribution >= 4 is 18.3 Å². The summed E-state index contributed by atoms with van der Waals surface area (Å²) in [5.41, 5.74) is 5.92. The third kappa shape index (κ3) is 4.81. The molecule has 1 saturated carbocycles. The van der Waals surface area contributed by atoms with Crippen LogP contribution in [0.25, 0.3) is 0 Å². The minimum atomic E-state index is -0.468. The monoisotopic (exact) mass is 384 g/mol. The number of aliphatic hydroxyl groups excluding tert-OH is 1. The number of hydrogen-bond acceptors (Lipinski definition) is 5. The molecule has 3 rings (SSSR count). The molecule has 1 aliphatic carbocycles. The Balaban J connectivity index is 0.00000243. The number of benzene rings is 1. The molecular weight excluding hydrogens is 356 g/mol. The Labute approximate surface area is 161 Å². The van der Waals surface area contributed by atoms with Crippen LogP contribution in [0, 0.1) is 5.92 Å². The van der Waals surface area contributed by atoms with Crippen LogP contribution in [0.15, 0.2) is 24.3 Å². The van der Waals surface area contributed by atoms with Gasteiger partial charge in [0.05, 0.1) is 13.2 Å². The van der Waals surface area contributed by atoms with Crippen LogP contribution in [-0.2, 0) is 4.79 Å². The van der Waals surface area contributed by atoms with Crippen molar-refractivity contribution in [3.8, 4) is 11.5 Å². The molecule has 1 aromatic carbocycles. The SMILES string of the molecule is COc1ccccc1OC1CCN(C(=O)[C@H]2CC[C@@H](O)[C@H](N)C2)CC1.Cl. The largest absolute Gasteiger partial charge is 0.493 e. The molecule has 0 unspecified atom stereocenters. The van der Waals surface area contributed by atoms with Gasteiger partial charge in [-0.15, -0.1) is 12.4 Å². The molecule has 3 N–H and O–H groups in total. The molecular formula is C19H29ClN2O4. The smallest absolute Gasteiger partial charge is 0.225 e. The Morgan fingerprint density at radius 3 is 2.42 bits per heavy atom. The van der Waals surface area contributed by atoms with Crippen LogP contribution in [0.3, 0.4) is 0 Å². The lowest BCUT2D eigenvalue weighted by atomic mass is 9.83. The van der Waals surface area contributed by atoms with E-state index >= 15 is 0 Å². The normalized spacial score (nSPS) is 26.7. The van der Waals surface area contributed by atoms with E-state index in [1.165, 1.54) is 0 Å². The van der Waals surface area contributed by atoms with E-state index in [9.17, 15) is 9.90 Å². The summed E-state index contributed by atoms with van der Waals surface area (Å²) in [6.07, 6.45) is 3.17. The summed E-state index contributed by atoms with van der Waals surface area (Å²) in [7, 11) is 1.63. The number of amides is 1. The zero-order chi connectivity index (χ0) is 17.8. The molecule has 1 amide bonds. The highest BCUT2D eigenvalue weighted by Crippen LogP contribution is 2.30. The summed E-state index contributed by atoms with van der Waals surface area (Å²) < 4.78 is 11.4. The van der Waals surface area contributed by atoms with Gasteiger partial charge >= 0.3 is 0 Å². The highest BCUT2D eigenvalue weighted by molar-refractivity contribution is 5.85. The maximum Gasteiger partial charge on any atom is 0.225 e. The lowest BCUT2D eigenvalue weighted by Gasteiger charge is -2.37. The fraction of sp³-hybridized carbons (Fsp3) is 0.632. The number of carbonyl (C=O) groups excluding carboxylic acids is 1. The quantitative estimate of drug-likeness (QED) is 0.829. The number of para-hydroxylation sites is 2. The number of methoxy groups -OCH3 is 1. The Kier molecular flexibility index (Phi) is 7.55. The van der Waals surface area contributed by atoms with Crippen molar-refractivity contribution in [2.45, 2.75) is 50.4 Å². The van der Waals surface area contributed by atoms with Crippen LogP contribution in [0.5, 0.6) is 11.5 Å². The first kappa shape index (κ1) is 20.8. The van der Waals surface area contributed by atoms with Gasteiger partial charge in [0.15, 0.2) is 11.5 Å². The molecule has 1 aromatic rings. The number of hydrogen-bond donors (Lipinski definition) is 2. The van der Waals surface area contributed by atoms with Crippen LogP contribution in [0.4, 0.5) is 0 Å². The highest BCUT2D eigenvalue weighted by atomic mass is 35.5. The van der Waals surface area contributed by atoms with Crippen LogP contribution in [0.1, 0.15) is 32.1 Å². The van der Waals surface area contributed by atoms with E-state index in [2.05, 4.69) is 0 Å². The highest BCUT2D eigenvalue weighted by Gasteiger charge is 2.34. The zero-order valence-corrected chi connectivity index (χ0v) is 16.0. The molecule has 0 bridgehead atoms. The standard InChI is InChI=1S/C19H28N2O4.ClH/c1-24-17-4-2-3-5-18(17)25-14-8-10-21(11-9-14)19(23)13-6-7-16(22)15(20)12-13;/h2-5,13-16,22H,6-12,20H2,1H3;1H/t13-,15+,16+;/m0./s1. The molecule has 6 nitrogen and oxygen atoms in total. The third-order valence-corrected chi connectivity index (χ3v) is 5.33. The van der Waals surface area contributed by atoms with Crippen molar-refractivity contribution in [3.05, 3.63) is 24.3 Å². The molecule has 1 heterocycles. The average molecular weight is 385 g/mol. The Morgan fingerprint density at radius 2 is 1.81 bits per heavy atom. The Bertz CT molecular complexity index is 593. The van der Waals surface area contributed by atoms with Gasteiger partial charge in [0.2, 0.25) is 5.91 Å². The molecule has 146 valence electrons. The first-order chi connectivity index (χ1) is 12.1. The predicted molar refractivity (Wildman–Crippen MR) is 102 cm³/mol. The molecule has 0 aromatic heterocycles. The van der Waals surface area contributed by atoms with Gasteiger partial charge in [0.1, 0.15) is 6.10 Å². The topological polar surface area (TPSA) is 85.0 Å². The zero-order valence-electron chi connectivity index (χ0n) is 15.2. The first-order valence-electron chi connectivity index (χ1n) is 9.10. The van der Waals surface area contributed by atoms with Gasteiger partial charge < -0.3 is 25.2 Å². The van der Waals surface area contributed by atoms with Gasteiger partial charge in [-0.05, 0) is 31.4 Å². The van der Waals surface area contributed by atoms with E-state index in [1.807, 2.05) is 29.2 Å². The molecule has 0 radical (unpaired) electrons. The number of halogens is 1. The predicted octanol–water partition coefficient (Wildman–Crippen LogP) is 1.98. The second-order valence-electron chi connectivity index (χ2n) is 7.03. The summed E-state index contributed by atoms with van der Waals surface area (Å²) in [6, 6.07) is 7.35. The van der Waals surface area contributed by atoms with Crippen LogP contribution in [-0.4, -0.2) is 54.4 Å². The summed E-state index contributed by atoms with van der Waals surface area (Å²) in [4.78, 5) is 14.6. The van der Waals surface area contributed by atoms with E-state index in [0.29, 0.717) is 25.9 Å². The number of piperidine rings is 1. The lowest BCUT2D eigenvalue weighted by Crippen LogP contribution is -2.48.